The summed E-state index contributed by atoms with van der Waals surface area (Å²) in [7, 11) is -0.565. The molecule has 0 amide bonds. The molecule has 23 heavy (non-hydrogen) atoms. The summed E-state index contributed by atoms with van der Waals surface area (Å²) < 4.78 is 16.2. The van der Waals surface area contributed by atoms with E-state index in [0.717, 1.165) is 24.1 Å². The zero-order valence-corrected chi connectivity index (χ0v) is 15.9. The van der Waals surface area contributed by atoms with E-state index in [2.05, 4.69) is 44.8 Å². The van der Waals surface area contributed by atoms with Gasteiger partial charge in [-0.15, -0.1) is 0 Å². The third-order valence-electron chi connectivity index (χ3n) is 4.53. The van der Waals surface area contributed by atoms with Crippen molar-refractivity contribution in [2.45, 2.75) is 57.5 Å². The van der Waals surface area contributed by atoms with E-state index in [0.29, 0.717) is 6.16 Å². The first-order valence-electron chi connectivity index (χ1n) is 8.38. The second kappa shape index (κ2) is 7.05. The fourth-order valence-electron chi connectivity index (χ4n) is 3.12. The lowest BCUT2D eigenvalue weighted by atomic mass is 10.2. The molecule has 0 spiro atoms. The van der Waals surface area contributed by atoms with Gasteiger partial charge in [0.05, 0.1) is 17.7 Å². The lowest BCUT2D eigenvalue weighted by molar-refractivity contribution is 0.526. The number of hydrogen-bond acceptors (Lipinski definition) is 2. The maximum Gasteiger partial charge on any atom is 0.106 e. The van der Waals surface area contributed by atoms with Crippen LogP contribution in [0.3, 0.4) is 0 Å². The maximum absolute atomic E-state index is 14.3. The Morgan fingerprint density at radius 2 is 1.87 bits per heavy atom. The van der Waals surface area contributed by atoms with E-state index < -0.39 is 7.14 Å². The fourth-order valence-corrected chi connectivity index (χ4v) is 6.74. The highest BCUT2D eigenvalue weighted by Crippen LogP contribution is 2.70. The Morgan fingerprint density at radius 3 is 2.35 bits per heavy atom. The Kier molecular flexibility index (Phi) is 5.52. The first-order chi connectivity index (χ1) is 10.8. The van der Waals surface area contributed by atoms with Crippen molar-refractivity contribution in [3.05, 3.63) is 54.1 Å². The number of aryl methyl sites for hydroxylation is 1. The van der Waals surface area contributed by atoms with Crippen molar-refractivity contribution >= 4 is 7.14 Å². The highest BCUT2D eigenvalue weighted by molar-refractivity contribution is 7.65. The summed E-state index contributed by atoms with van der Waals surface area (Å²) >= 11 is 0. The second-order valence-corrected chi connectivity index (χ2v) is 11.3. The molecule has 2 rings (SSSR count). The number of hydrogen-bond donors (Lipinski definition) is 0. The molecule has 1 heterocycles. The van der Waals surface area contributed by atoms with Crippen LogP contribution < -0.4 is 0 Å². The zero-order valence-electron chi connectivity index (χ0n) is 15.0. The topological polar surface area (TPSA) is 34.9 Å². The van der Waals surface area contributed by atoms with E-state index in [9.17, 15) is 4.57 Å². The van der Waals surface area contributed by atoms with Gasteiger partial charge < -0.3 is 9.13 Å². The van der Waals surface area contributed by atoms with Crippen LogP contribution in [-0.4, -0.2) is 14.7 Å². The van der Waals surface area contributed by atoms with Crippen LogP contribution >= 0.6 is 7.14 Å². The lowest BCUT2D eigenvalue weighted by Crippen LogP contribution is -2.21. The van der Waals surface area contributed by atoms with Gasteiger partial charge in [-0.25, -0.2) is 4.98 Å². The van der Waals surface area contributed by atoms with Gasteiger partial charge >= 0.3 is 0 Å². The molecule has 1 aromatic carbocycles. The van der Waals surface area contributed by atoms with E-state index in [1.807, 2.05) is 42.3 Å². The van der Waals surface area contributed by atoms with Crippen LogP contribution in [0.25, 0.3) is 0 Å². The van der Waals surface area contributed by atoms with Crippen LogP contribution in [0.4, 0.5) is 0 Å². The minimum absolute atomic E-state index is 0.0221. The molecule has 0 saturated carbocycles. The maximum atomic E-state index is 14.3. The van der Waals surface area contributed by atoms with Crippen LogP contribution in [-0.2, 0) is 17.8 Å². The van der Waals surface area contributed by atoms with E-state index in [-0.39, 0.29) is 10.8 Å². The number of rotatable bonds is 6. The normalized spacial score (nSPS) is 16.0. The standard InChI is InChI=1S/C19H29N2OP/c1-6-10-18(17-13-21(5)15-20-17)23(22,19(2,3)4)14-16-11-8-7-9-12-16/h7-9,11-13,15,18H,6,10,14H2,1-5H3. The van der Waals surface area contributed by atoms with Crippen molar-refractivity contribution in [1.82, 2.24) is 9.55 Å². The molecule has 3 nitrogen and oxygen atoms in total. The summed E-state index contributed by atoms with van der Waals surface area (Å²) in [5.41, 5.74) is 2.15. The molecular weight excluding hydrogens is 303 g/mol. The van der Waals surface area contributed by atoms with Gasteiger partial charge in [-0.1, -0.05) is 64.4 Å². The van der Waals surface area contributed by atoms with Crippen molar-refractivity contribution in [1.29, 1.82) is 0 Å². The highest BCUT2D eigenvalue weighted by atomic mass is 31.2. The van der Waals surface area contributed by atoms with Gasteiger partial charge in [0.1, 0.15) is 7.14 Å². The molecule has 1 aromatic heterocycles. The molecule has 0 bridgehead atoms. The summed E-state index contributed by atoms with van der Waals surface area (Å²) in [6.07, 6.45) is 6.41. The minimum atomic E-state index is -2.54. The highest BCUT2D eigenvalue weighted by Gasteiger charge is 2.44. The first-order valence-corrected chi connectivity index (χ1v) is 10.3. The van der Waals surface area contributed by atoms with Gasteiger partial charge in [-0.2, -0.15) is 0 Å². The van der Waals surface area contributed by atoms with E-state index in [1.54, 1.807) is 0 Å². The Morgan fingerprint density at radius 1 is 1.22 bits per heavy atom. The van der Waals surface area contributed by atoms with Gasteiger partial charge in [0.15, 0.2) is 0 Å². The van der Waals surface area contributed by atoms with Crippen molar-refractivity contribution in [2.75, 3.05) is 0 Å². The molecule has 0 fully saturated rings. The van der Waals surface area contributed by atoms with Crippen molar-refractivity contribution in [2.24, 2.45) is 7.05 Å². The molecule has 0 aliphatic rings. The summed E-state index contributed by atoms with van der Waals surface area (Å²) in [4.78, 5) is 4.55. The SMILES string of the molecule is CCCC(c1cn(C)cn1)P(=O)(Cc1ccccc1)C(C)(C)C. The predicted octanol–water partition coefficient (Wildman–Crippen LogP) is 5.62. The van der Waals surface area contributed by atoms with Gasteiger partial charge in [0.25, 0.3) is 0 Å². The molecule has 0 aliphatic carbocycles. The molecule has 2 unspecified atom stereocenters. The largest absolute Gasteiger partial charge is 0.340 e. The summed E-state index contributed by atoms with van der Waals surface area (Å²) in [5.74, 6) is 0. The predicted molar refractivity (Wildman–Crippen MR) is 98.4 cm³/mol. The number of benzene rings is 1. The molecule has 2 aromatic rings. The summed E-state index contributed by atoms with van der Waals surface area (Å²) in [6, 6.07) is 10.2. The third-order valence-corrected chi connectivity index (χ3v) is 9.16. The van der Waals surface area contributed by atoms with Crippen molar-refractivity contribution in [3.63, 3.8) is 0 Å². The molecule has 2 atom stereocenters. The number of imidazole rings is 1. The van der Waals surface area contributed by atoms with Crippen LogP contribution in [0.1, 0.15) is 57.5 Å². The zero-order chi connectivity index (χ0) is 17.1. The van der Waals surface area contributed by atoms with Gasteiger partial charge in [-0.05, 0) is 12.0 Å². The van der Waals surface area contributed by atoms with Crippen molar-refractivity contribution < 1.29 is 4.57 Å². The quantitative estimate of drug-likeness (QED) is 0.643. The van der Waals surface area contributed by atoms with E-state index in [1.165, 1.54) is 0 Å². The Labute approximate surface area is 140 Å². The average Bonchev–Trinajstić information content (AvgIpc) is 2.90. The summed E-state index contributed by atoms with van der Waals surface area (Å²) in [5, 5.41) is -0.250. The van der Waals surface area contributed by atoms with Crippen molar-refractivity contribution in [3.8, 4) is 0 Å². The molecule has 0 saturated heterocycles. The smallest absolute Gasteiger partial charge is 0.106 e. The molecule has 126 valence electrons. The van der Waals surface area contributed by atoms with Gasteiger partial charge in [0.2, 0.25) is 0 Å². The first kappa shape index (κ1) is 18.0. The monoisotopic (exact) mass is 332 g/mol. The minimum Gasteiger partial charge on any atom is -0.340 e. The van der Waals surface area contributed by atoms with Gasteiger partial charge in [0, 0.05) is 24.6 Å². The summed E-state index contributed by atoms with van der Waals surface area (Å²) in [6.45, 7) is 8.50. The molecule has 0 radical (unpaired) electrons. The van der Waals surface area contributed by atoms with E-state index in [4.69, 9.17) is 0 Å². The lowest BCUT2D eigenvalue weighted by Gasteiger charge is -2.37. The molecular formula is C19H29N2OP. The fraction of sp³-hybridized carbons (Fsp3) is 0.526. The Hall–Kier alpha value is -1.34. The van der Waals surface area contributed by atoms with Crippen LogP contribution in [0.5, 0.6) is 0 Å². The third kappa shape index (κ3) is 3.95. The molecule has 4 heteroatoms. The molecule has 0 N–H and O–H groups in total. The Balaban J connectivity index is 2.48. The average molecular weight is 332 g/mol. The van der Waals surface area contributed by atoms with E-state index >= 15 is 0 Å². The van der Waals surface area contributed by atoms with Crippen LogP contribution in [0.15, 0.2) is 42.9 Å². The Bertz CT molecular complexity index is 670. The molecule has 0 aliphatic heterocycles. The second-order valence-electron chi connectivity index (χ2n) is 7.38. The van der Waals surface area contributed by atoms with Crippen LogP contribution in [0, 0.1) is 0 Å². The van der Waals surface area contributed by atoms with Crippen LogP contribution in [0.2, 0.25) is 0 Å². The number of nitrogens with zero attached hydrogens (tertiary/aromatic N) is 2. The van der Waals surface area contributed by atoms with Gasteiger partial charge in [-0.3, -0.25) is 0 Å². The number of aromatic nitrogens is 2.